The molecule has 0 N–H and O–H groups in total. The van der Waals surface area contributed by atoms with Crippen LogP contribution in [-0.4, -0.2) is 0 Å². The first-order valence-corrected chi connectivity index (χ1v) is 6.94. The first-order chi connectivity index (χ1) is 9.05. The minimum atomic E-state index is 0.257. The molecular formula is C19H20. The zero-order valence-electron chi connectivity index (χ0n) is 11.9. The van der Waals surface area contributed by atoms with Gasteiger partial charge in [0.15, 0.2) is 0 Å². The summed E-state index contributed by atoms with van der Waals surface area (Å²) in [6, 6.07) is 17.4. The van der Waals surface area contributed by atoms with Gasteiger partial charge in [-0.15, -0.1) is 0 Å². The molecule has 2 aromatic carbocycles. The van der Waals surface area contributed by atoms with Gasteiger partial charge in [0.2, 0.25) is 0 Å². The van der Waals surface area contributed by atoms with Crippen molar-refractivity contribution < 1.29 is 0 Å². The Morgan fingerprint density at radius 1 is 0.842 bits per heavy atom. The number of hydrogen-bond acceptors (Lipinski definition) is 0. The fourth-order valence-electron chi connectivity index (χ4n) is 2.72. The van der Waals surface area contributed by atoms with E-state index >= 15 is 0 Å². The molecule has 0 atom stereocenters. The highest BCUT2D eigenvalue weighted by atomic mass is 14.3. The van der Waals surface area contributed by atoms with E-state index in [2.05, 4.69) is 75.4 Å². The van der Waals surface area contributed by atoms with Gasteiger partial charge in [-0.25, -0.2) is 0 Å². The Kier molecular flexibility index (Phi) is 2.82. The smallest absolute Gasteiger partial charge is 0.00523 e. The topological polar surface area (TPSA) is 0 Å². The molecule has 1 aliphatic rings. The zero-order valence-corrected chi connectivity index (χ0v) is 11.9. The van der Waals surface area contributed by atoms with Crippen LogP contribution >= 0.6 is 0 Å². The Bertz CT molecular complexity index is 625. The van der Waals surface area contributed by atoms with Crippen molar-refractivity contribution >= 4 is 6.08 Å². The average Bonchev–Trinajstić information content (AvgIpc) is 2.83. The SMILES string of the molecule is CC(C)(C)C1=Cc2c(cccc2-c2ccccc2)C1. The lowest BCUT2D eigenvalue weighted by molar-refractivity contribution is 0.498. The molecule has 3 rings (SSSR count). The summed E-state index contributed by atoms with van der Waals surface area (Å²) in [5, 5.41) is 0. The number of allylic oxidation sites excluding steroid dienone is 1. The van der Waals surface area contributed by atoms with Crippen molar-refractivity contribution in [3.05, 3.63) is 65.2 Å². The maximum absolute atomic E-state index is 2.40. The van der Waals surface area contributed by atoms with Crippen molar-refractivity contribution in [1.29, 1.82) is 0 Å². The van der Waals surface area contributed by atoms with Crippen LogP contribution in [0.5, 0.6) is 0 Å². The van der Waals surface area contributed by atoms with E-state index in [0.717, 1.165) is 6.42 Å². The summed E-state index contributed by atoms with van der Waals surface area (Å²) in [7, 11) is 0. The Morgan fingerprint density at radius 3 is 2.26 bits per heavy atom. The number of fused-ring (bicyclic) bond motifs is 1. The van der Waals surface area contributed by atoms with Crippen LogP contribution < -0.4 is 0 Å². The van der Waals surface area contributed by atoms with Gasteiger partial charge in [-0.1, -0.05) is 81.0 Å². The second kappa shape index (κ2) is 4.38. The van der Waals surface area contributed by atoms with Crippen LogP contribution in [0, 0.1) is 5.41 Å². The van der Waals surface area contributed by atoms with E-state index in [0.29, 0.717) is 0 Å². The highest BCUT2D eigenvalue weighted by molar-refractivity contribution is 5.81. The lowest BCUT2D eigenvalue weighted by Gasteiger charge is -2.19. The van der Waals surface area contributed by atoms with Crippen molar-refractivity contribution in [2.24, 2.45) is 5.41 Å². The molecule has 0 amide bonds. The van der Waals surface area contributed by atoms with Crippen molar-refractivity contribution in [1.82, 2.24) is 0 Å². The third kappa shape index (κ3) is 2.23. The summed E-state index contributed by atoms with van der Waals surface area (Å²) in [5.41, 5.74) is 7.34. The first-order valence-electron chi connectivity index (χ1n) is 6.94. The molecule has 2 aromatic rings. The molecule has 0 heteroatoms. The molecule has 0 aromatic heterocycles. The maximum Gasteiger partial charge on any atom is -0.00523 e. The largest absolute Gasteiger partial charge is 0.0622 e. The summed E-state index contributed by atoms with van der Waals surface area (Å²) in [5.74, 6) is 0. The quantitative estimate of drug-likeness (QED) is 0.639. The minimum Gasteiger partial charge on any atom is -0.0622 e. The standard InChI is InChI=1S/C19H20/c1-19(2,3)16-12-15-10-7-11-17(18(15)13-16)14-8-5-4-6-9-14/h4-11,13H,12H2,1-3H3. The van der Waals surface area contributed by atoms with Crippen LogP contribution in [0.1, 0.15) is 31.9 Å². The Labute approximate surface area is 115 Å². The second-order valence-corrected chi connectivity index (χ2v) is 6.34. The molecule has 1 aliphatic carbocycles. The van der Waals surface area contributed by atoms with Gasteiger partial charge in [0.05, 0.1) is 0 Å². The van der Waals surface area contributed by atoms with Crippen LogP contribution in [0.25, 0.3) is 17.2 Å². The Hall–Kier alpha value is -1.82. The van der Waals surface area contributed by atoms with E-state index in [1.807, 2.05) is 0 Å². The molecule has 0 saturated carbocycles. The van der Waals surface area contributed by atoms with E-state index in [1.165, 1.54) is 27.8 Å². The molecule has 0 unspecified atom stereocenters. The van der Waals surface area contributed by atoms with Gasteiger partial charge in [0.1, 0.15) is 0 Å². The molecule has 0 saturated heterocycles. The lowest BCUT2D eigenvalue weighted by atomic mass is 9.85. The fourth-order valence-corrected chi connectivity index (χ4v) is 2.72. The van der Waals surface area contributed by atoms with Gasteiger partial charge >= 0.3 is 0 Å². The predicted octanol–water partition coefficient (Wildman–Crippen LogP) is 5.34. The van der Waals surface area contributed by atoms with E-state index in [1.54, 1.807) is 0 Å². The number of benzene rings is 2. The third-order valence-electron chi connectivity index (χ3n) is 3.94. The molecule has 0 nitrogen and oxygen atoms in total. The van der Waals surface area contributed by atoms with Gasteiger partial charge in [0.25, 0.3) is 0 Å². The minimum absolute atomic E-state index is 0.257. The zero-order chi connectivity index (χ0) is 13.5. The van der Waals surface area contributed by atoms with Crippen LogP contribution in [0.2, 0.25) is 0 Å². The average molecular weight is 248 g/mol. The number of hydrogen-bond donors (Lipinski definition) is 0. The first kappa shape index (κ1) is 12.2. The molecular weight excluding hydrogens is 228 g/mol. The molecule has 0 spiro atoms. The molecule has 0 radical (unpaired) electrons. The van der Waals surface area contributed by atoms with Crippen molar-refractivity contribution in [3.63, 3.8) is 0 Å². The predicted molar refractivity (Wildman–Crippen MR) is 83.0 cm³/mol. The summed E-state index contributed by atoms with van der Waals surface area (Å²) in [4.78, 5) is 0. The molecule has 0 heterocycles. The fraction of sp³-hybridized carbons (Fsp3) is 0.263. The Morgan fingerprint density at radius 2 is 1.58 bits per heavy atom. The number of rotatable bonds is 1. The second-order valence-electron chi connectivity index (χ2n) is 6.34. The van der Waals surface area contributed by atoms with Crippen LogP contribution in [-0.2, 0) is 6.42 Å². The normalized spacial score (nSPS) is 14.2. The summed E-state index contributed by atoms with van der Waals surface area (Å²) >= 11 is 0. The van der Waals surface area contributed by atoms with E-state index in [-0.39, 0.29) is 5.41 Å². The van der Waals surface area contributed by atoms with Crippen LogP contribution in [0.15, 0.2) is 54.1 Å². The molecule has 0 aliphatic heterocycles. The molecule has 0 fully saturated rings. The van der Waals surface area contributed by atoms with E-state index < -0.39 is 0 Å². The molecule has 19 heavy (non-hydrogen) atoms. The van der Waals surface area contributed by atoms with Gasteiger partial charge in [-0.05, 0) is 34.1 Å². The van der Waals surface area contributed by atoms with Crippen LogP contribution in [0.3, 0.4) is 0 Å². The highest BCUT2D eigenvalue weighted by Gasteiger charge is 2.24. The summed E-state index contributed by atoms with van der Waals surface area (Å²) < 4.78 is 0. The maximum atomic E-state index is 2.40. The summed E-state index contributed by atoms with van der Waals surface area (Å²) in [6.07, 6.45) is 3.50. The van der Waals surface area contributed by atoms with Gasteiger partial charge in [0, 0.05) is 0 Å². The van der Waals surface area contributed by atoms with E-state index in [9.17, 15) is 0 Å². The Balaban J connectivity index is 2.12. The third-order valence-corrected chi connectivity index (χ3v) is 3.94. The van der Waals surface area contributed by atoms with Crippen LogP contribution in [0.4, 0.5) is 0 Å². The molecule has 0 bridgehead atoms. The monoisotopic (exact) mass is 248 g/mol. The van der Waals surface area contributed by atoms with Gasteiger partial charge in [-0.3, -0.25) is 0 Å². The van der Waals surface area contributed by atoms with Crippen molar-refractivity contribution in [2.75, 3.05) is 0 Å². The van der Waals surface area contributed by atoms with Gasteiger partial charge in [-0.2, -0.15) is 0 Å². The highest BCUT2D eigenvalue weighted by Crippen LogP contribution is 2.40. The van der Waals surface area contributed by atoms with E-state index in [4.69, 9.17) is 0 Å². The molecule has 96 valence electrons. The summed E-state index contributed by atoms with van der Waals surface area (Å²) in [6.45, 7) is 6.90. The van der Waals surface area contributed by atoms with Crippen molar-refractivity contribution in [3.8, 4) is 11.1 Å². The van der Waals surface area contributed by atoms with Gasteiger partial charge < -0.3 is 0 Å². The van der Waals surface area contributed by atoms with Crippen molar-refractivity contribution in [2.45, 2.75) is 27.2 Å². The lowest BCUT2D eigenvalue weighted by Crippen LogP contribution is -2.08.